The molecule has 4 rings (SSSR count). The van der Waals surface area contributed by atoms with Gasteiger partial charge >= 0.3 is 0 Å². The van der Waals surface area contributed by atoms with Gasteiger partial charge in [0.1, 0.15) is 18.0 Å². The molecule has 2 aromatic heterocycles. The lowest BCUT2D eigenvalue weighted by molar-refractivity contribution is -0.116. The van der Waals surface area contributed by atoms with E-state index in [-0.39, 0.29) is 34.6 Å². The maximum absolute atomic E-state index is 13.3. The van der Waals surface area contributed by atoms with E-state index < -0.39 is 17.0 Å². The van der Waals surface area contributed by atoms with Crippen LogP contribution >= 0.6 is 11.6 Å². The number of pyridine rings is 2. The number of amides is 1. The first-order valence-electron chi connectivity index (χ1n) is 10.1. The van der Waals surface area contributed by atoms with Crippen molar-refractivity contribution in [3.8, 4) is 0 Å². The number of aromatic nitrogens is 2. The SMILES string of the molecule is Cc1ccc2c(=O)c(C(=O)c3ccc(F)cc3)cn(CC(=O)Nc3cc(Cl)ccc3C)c2n1. The Kier molecular flexibility index (Phi) is 6.07. The largest absolute Gasteiger partial charge is 0.324 e. The summed E-state index contributed by atoms with van der Waals surface area (Å²) in [6, 6.07) is 13.3. The molecular weight excluding hydrogens is 445 g/mol. The zero-order valence-corrected chi connectivity index (χ0v) is 18.6. The molecule has 0 radical (unpaired) electrons. The van der Waals surface area contributed by atoms with Crippen LogP contribution in [0.25, 0.3) is 11.0 Å². The van der Waals surface area contributed by atoms with Crippen molar-refractivity contribution in [3.05, 3.63) is 104 Å². The van der Waals surface area contributed by atoms with Gasteiger partial charge in [0.15, 0.2) is 5.78 Å². The molecule has 166 valence electrons. The van der Waals surface area contributed by atoms with Crippen LogP contribution in [-0.4, -0.2) is 21.2 Å². The zero-order chi connectivity index (χ0) is 23.7. The highest BCUT2D eigenvalue weighted by molar-refractivity contribution is 6.31. The van der Waals surface area contributed by atoms with E-state index in [1.807, 2.05) is 6.92 Å². The van der Waals surface area contributed by atoms with Crippen molar-refractivity contribution >= 4 is 40.0 Å². The van der Waals surface area contributed by atoms with Crippen LogP contribution in [0.1, 0.15) is 27.2 Å². The van der Waals surface area contributed by atoms with Crippen molar-refractivity contribution in [2.75, 3.05) is 5.32 Å². The fourth-order valence-electron chi connectivity index (χ4n) is 3.47. The number of nitrogens with zero attached hydrogens (tertiary/aromatic N) is 2. The third-order valence-electron chi connectivity index (χ3n) is 5.20. The predicted octanol–water partition coefficient (Wildman–Crippen LogP) is 4.68. The van der Waals surface area contributed by atoms with Crippen LogP contribution in [-0.2, 0) is 11.3 Å². The minimum Gasteiger partial charge on any atom is -0.324 e. The van der Waals surface area contributed by atoms with Crippen LogP contribution in [0.2, 0.25) is 5.02 Å². The fourth-order valence-corrected chi connectivity index (χ4v) is 3.64. The predicted molar refractivity (Wildman–Crippen MR) is 125 cm³/mol. The molecule has 0 fully saturated rings. The second kappa shape index (κ2) is 8.96. The molecule has 2 aromatic carbocycles. The second-order valence-corrected chi connectivity index (χ2v) is 8.10. The number of halogens is 2. The van der Waals surface area contributed by atoms with Crippen LogP contribution in [0.5, 0.6) is 0 Å². The monoisotopic (exact) mass is 463 g/mol. The van der Waals surface area contributed by atoms with E-state index in [4.69, 9.17) is 11.6 Å². The number of carbonyl (C=O) groups is 2. The molecule has 0 atom stereocenters. The molecule has 0 aliphatic heterocycles. The van der Waals surface area contributed by atoms with E-state index in [9.17, 15) is 18.8 Å². The Morgan fingerprint density at radius 3 is 2.52 bits per heavy atom. The number of benzene rings is 2. The van der Waals surface area contributed by atoms with Crippen LogP contribution in [0.15, 0.2) is 65.6 Å². The van der Waals surface area contributed by atoms with Gasteiger partial charge in [-0.25, -0.2) is 9.37 Å². The van der Waals surface area contributed by atoms with E-state index >= 15 is 0 Å². The molecule has 0 aliphatic carbocycles. The van der Waals surface area contributed by atoms with E-state index in [0.29, 0.717) is 16.4 Å². The van der Waals surface area contributed by atoms with Crippen molar-refractivity contribution < 1.29 is 14.0 Å². The van der Waals surface area contributed by atoms with Gasteiger partial charge in [0.05, 0.1) is 10.9 Å². The lowest BCUT2D eigenvalue weighted by atomic mass is 10.0. The highest BCUT2D eigenvalue weighted by Crippen LogP contribution is 2.21. The van der Waals surface area contributed by atoms with Crippen molar-refractivity contribution in [1.29, 1.82) is 0 Å². The topological polar surface area (TPSA) is 81.1 Å². The number of hydrogen-bond acceptors (Lipinski definition) is 4. The molecule has 0 unspecified atom stereocenters. The summed E-state index contributed by atoms with van der Waals surface area (Å²) in [7, 11) is 0. The number of anilines is 1. The molecule has 0 saturated heterocycles. The summed E-state index contributed by atoms with van der Waals surface area (Å²) >= 11 is 6.03. The normalized spacial score (nSPS) is 10.9. The van der Waals surface area contributed by atoms with Gasteiger partial charge in [-0.05, 0) is 67.9 Å². The van der Waals surface area contributed by atoms with Crippen LogP contribution < -0.4 is 10.7 Å². The van der Waals surface area contributed by atoms with E-state index in [1.54, 1.807) is 37.3 Å². The van der Waals surface area contributed by atoms with Crippen LogP contribution in [0.4, 0.5) is 10.1 Å². The van der Waals surface area contributed by atoms with Crippen LogP contribution in [0, 0.1) is 19.7 Å². The number of hydrogen-bond donors (Lipinski definition) is 1. The third kappa shape index (κ3) is 4.68. The molecule has 33 heavy (non-hydrogen) atoms. The van der Waals surface area contributed by atoms with Crippen molar-refractivity contribution in [2.24, 2.45) is 0 Å². The molecule has 0 spiro atoms. The summed E-state index contributed by atoms with van der Waals surface area (Å²) in [5, 5.41) is 3.49. The molecular formula is C25H19ClFN3O3. The van der Waals surface area contributed by atoms with Gasteiger partial charge < -0.3 is 9.88 Å². The Morgan fingerprint density at radius 2 is 1.79 bits per heavy atom. The summed E-state index contributed by atoms with van der Waals surface area (Å²) < 4.78 is 14.7. The Balaban J connectivity index is 1.77. The summed E-state index contributed by atoms with van der Waals surface area (Å²) in [5.41, 5.74) is 1.86. The number of rotatable bonds is 5. The zero-order valence-electron chi connectivity index (χ0n) is 17.9. The number of nitrogens with one attached hydrogen (secondary N) is 1. The molecule has 1 N–H and O–H groups in total. The van der Waals surface area contributed by atoms with Gasteiger partial charge in [0.2, 0.25) is 11.3 Å². The number of aryl methyl sites for hydroxylation is 2. The molecule has 6 nitrogen and oxygen atoms in total. The fraction of sp³-hybridized carbons (Fsp3) is 0.120. The van der Waals surface area contributed by atoms with E-state index in [2.05, 4.69) is 10.3 Å². The first-order chi connectivity index (χ1) is 15.7. The smallest absolute Gasteiger partial charge is 0.244 e. The van der Waals surface area contributed by atoms with Crippen molar-refractivity contribution in [2.45, 2.75) is 20.4 Å². The molecule has 0 aliphatic rings. The number of carbonyl (C=O) groups excluding carboxylic acids is 2. The molecule has 1 amide bonds. The quantitative estimate of drug-likeness (QED) is 0.436. The van der Waals surface area contributed by atoms with Crippen molar-refractivity contribution in [1.82, 2.24) is 9.55 Å². The number of ketones is 1. The highest BCUT2D eigenvalue weighted by Gasteiger charge is 2.19. The molecule has 2 heterocycles. The highest BCUT2D eigenvalue weighted by atomic mass is 35.5. The van der Waals surface area contributed by atoms with Gasteiger partial charge in [-0.3, -0.25) is 14.4 Å². The molecule has 8 heteroatoms. The summed E-state index contributed by atoms with van der Waals surface area (Å²) in [6.45, 7) is 3.41. The summed E-state index contributed by atoms with van der Waals surface area (Å²) in [5.74, 6) is -1.44. The lowest BCUT2D eigenvalue weighted by Gasteiger charge is -2.14. The molecule has 4 aromatic rings. The lowest BCUT2D eigenvalue weighted by Crippen LogP contribution is -2.25. The minimum absolute atomic E-state index is 0.133. The van der Waals surface area contributed by atoms with Crippen molar-refractivity contribution in [3.63, 3.8) is 0 Å². The van der Waals surface area contributed by atoms with Gasteiger partial charge in [0.25, 0.3) is 0 Å². The molecule has 0 bridgehead atoms. The van der Waals surface area contributed by atoms with Crippen LogP contribution in [0.3, 0.4) is 0 Å². The maximum Gasteiger partial charge on any atom is 0.244 e. The standard InChI is InChI=1S/C25H19ClFN3O3/c1-14-3-7-17(26)11-21(14)29-22(31)13-30-12-20(23(32)16-5-8-18(27)9-6-16)24(33)19-10-4-15(2)28-25(19)30/h3-12H,13H2,1-2H3,(H,29,31). The summed E-state index contributed by atoms with van der Waals surface area (Å²) in [4.78, 5) is 43.4. The van der Waals surface area contributed by atoms with Gasteiger partial charge in [0, 0.05) is 28.2 Å². The Hall–Kier alpha value is -3.84. The van der Waals surface area contributed by atoms with Gasteiger partial charge in [-0.2, -0.15) is 0 Å². The second-order valence-electron chi connectivity index (χ2n) is 7.67. The maximum atomic E-state index is 13.3. The van der Waals surface area contributed by atoms with Gasteiger partial charge in [-0.15, -0.1) is 0 Å². The summed E-state index contributed by atoms with van der Waals surface area (Å²) in [6.07, 6.45) is 1.33. The van der Waals surface area contributed by atoms with E-state index in [1.165, 1.54) is 22.9 Å². The van der Waals surface area contributed by atoms with E-state index in [0.717, 1.165) is 17.7 Å². The van der Waals surface area contributed by atoms with Gasteiger partial charge in [-0.1, -0.05) is 17.7 Å². The number of fused-ring (bicyclic) bond motifs is 1. The average molecular weight is 464 g/mol. The molecule has 0 saturated carbocycles. The Morgan fingerprint density at radius 1 is 1.06 bits per heavy atom. The Labute approximate surface area is 193 Å². The third-order valence-corrected chi connectivity index (χ3v) is 5.43. The Bertz CT molecular complexity index is 1460. The minimum atomic E-state index is -0.567. The first-order valence-corrected chi connectivity index (χ1v) is 10.5. The average Bonchev–Trinajstić information content (AvgIpc) is 2.78. The first kappa shape index (κ1) is 22.4.